The Labute approximate surface area is 133 Å². The second-order valence-corrected chi connectivity index (χ2v) is 5.71. The molecule has 0 fully saturated rings. The van der Waals surface area contributed by atoms with Crippen molar-refractivity contribution in [1.82, 2.24) is 0 Å². The summed E-state index contributed by atoms with van der Waals surface area (Å²) in [4.78, 5) is 0. The summed E-state index contributed by atoms with van der Waals surface area (Å²) >= 11 is 0. The lowest BCUT2D eigenvalue weighted by Crippen LogP contribution is -2.43. The quantitative estimate of drug-likeness (QED) is 0.668. The van der Waals surface area contributed by atoms with Gasteiger partial charge >= 0.3 is 0 Å². The Morgan fingerprint density at radius 3 is 2.65 bits per heavy atom. The summed E-state index contributed by atoms with van der Waals surface area (Å²) in [5, 5.41) is 39.8. The van der Waals surface area contributed by atoms with Crippen LogP contribution in [0.2, 0.25) is 0 Å². The molecule has 1 aliphatic rings. The fourth-order valence-electron chi connectivity index (χ4n) is 2.74. The number of hydrogen-bond donors (Lipinski definition) is 4. The molecule has 1 atom stereocenters. The van der Waals surface area contributed by atoms with E-state index in [0.717, 1.165) is 0 Å². The third-order valence-corrected chi connectivity index (χ3v) is 3.97. The van der Waals surface area contributed by atoms with E-state index in [4.69, 9.17) is 9.47 Å². The molecule has 0 spiro atoms. The lowest BCUT2D eigenvalue weighted by atomic mass is 9.88. The number of methoxy groups -OCH3 is 1. The minimum Gasteiger partial charge on any atom is -0.508 e. The Morgan fingerprint density at radius 1 is 1.17 bits per heavy atom. The van der Waals surface area contributed by atoms with Crippen LogP contribution in [-0.4, -0.2) is 46.4 Å². The average Bonchev–Trinajstić information content (AvgIpc) is 2.53. The van der Waals surface area contributed by atoms with Crippen LogP contribution in [0.3, 0.4) is 0 Å². The van der Waals surface area contributed by atoms with Crippen LogP contribution in [-0.2, 0) is 6.42 Å². The van der Waals surface area contributed by atoms with Crippen molar-refractivity contribution >= 4 is 0 Å². The van der Waals surface area contributed by atoms with Crippen molar-refractivity contribution in [2.75, 3.05) is 20.3 Å². The number of hydrogen-bond acceptors (Lipinski definition) is 6. The van der Waals surface area contributed by atoms with Gasteiger partial charge in [-0.3, -0.25) is 0 Å². The van der Waals surface area contributed by atoms with Crippen molar-refractivity contribution in [3.05, 3.63) is 35.9 Å². The van der Waals surface area contributed by atoms with Crippen LogP contribution in [0.4, 0.5) is 0 Å². The van der Waals surface area contributed by atoms with Gasteiger partial charge in [0.25, 0.3) is 0 Å². The summed E-state index contributed by atoms with van der Waals surface area (Å²) in [6.07, 6.45) is 0.135. The summed E-state index contributed by atoms with van der Waals surface area (Å²) in [5.74, 6) is 0.628. The van der Waals surface area contributed by atoms with Crippen LogP contribution >= 0.6 is 0 Å². The highest BCUT2D eigenvalue weighted by Gasteiger charge is 2.32. The maximum Gasteiger partial charge on any atom is 0.160 e. The summed E-state index contributed by atoms with van der Waals surface area (Å²) in [5.41, 5.74) is 0.548. The van der Waals surface area contributed by atoms with Crippen LogP contribution in [0.15, 0.2) is 30.3 Å². The van der Waals surface area contributed by atoms with Crippen LogP contribution in [0, 0.1) is 0 Å². The van der Waals surface area contributed by atoms with Crippen molar-refractivity contribution in [2.24, 2.45) is 0 Å². The Bertz CT molecular complexity index is 742. The van der Waals surface area contributed by atoms with Gasteiger partial charge in [-0.1, -0.05) is 0 Å². The lowest BCUT2D eigenvalue weighted by Gasteiger charge is -2.30. The molecule has 2 aromatic rings. The summed E-state index contributed by atoms with van der Waals surface area (Å²) < 4.78 is 10.7. The zero-order valence-corrected chi connectivity index (χ0v) is 12.6. The number of aliphatic hydroxyl groups is 2. The molecule has 0 saturated carbocycles. The molecule has 0 radical (unpaired) electrons. The first-order valence-corrected chi connectivity index (χ1v) is 7.15. The first-order valence-electron chi connectivity index (χ1n) is 7.15. The lowest BCUT2D eigenvalue weighted by molar-refractivity contribution is -0.0472. The van der Waals surface area contributed by atoms with E-state index >= 15 is 0 Å². The molecule has 6 heteroatoms. The van der Waals surface area contributed by atoms with E-state index in [-0.39, 0.29) is 30.3 Å². The molecule has 23 heavy (non-hydrogen) atoms. The maximum absolute atomic E-state index is 10.5. The number of phenols is 2. The van der Waals surface area contributed by atoms with E-state index in [1.807, 2.05) is 0 Å². The predicted molar refractivity (Wildman–Crippen MR) is 83.0 cm³/mol. The fourth-order valence-corrected chi connectivity index (χ4v) is 2.74. The SMILES string of the molecule is COc1cc2c(cc1O)-c1ccc(O)cc1OCC(O)(CO)C2. The molecule has 1 aliphatic heterocycles. The number of aliphatic hydroxyl groups excluding tert-OH is 1. The van der Waals surface area contributed by atoms with Crippen LogP contribution < -0.4 is 9.47 Å². The van der Waals surface area contributed by atoms with Crippen molar-refractivity contribution in [3.8, 4) is 34.1 Å². The molecule has 0 aliphatic carbocycles. The average molecular weight is 318 g/mol. The summed E-state index contributed by atoms with van der Waals surface area (Å²) in [6, 6.07) is 7.79. The van der Waals surface area contributed by atoms with Crippen molar-refractivity contribution in [3.63, 3.8) is 0 Å². The van der Waals surface area contributed by atoms with E-state index in [1.165, 1.54) is 25.3 Å². The number of benzene rings is 2. The van der Waals surface area contributed by atoms with Crippen LogP contribution in [0.5, 0.6) is 23.0 Å². The second-order valence-electron chi connectivity index (χ2n) is 5.71. The zero-order chi connectivity index (χ0) is 16.6. The molecule has 3 rings (SSSR count). The van der Waals surface area contributed by atoms with Gasteiger partial charge in [0.1, 0.15) is 23.7 Å². The molecule has 0 amide bonds. The molecule has 2 aromatic carbocycles. The second kappa shape index (κ2) is 5.64. The third-order valence-electron chi connectivity index (χ3n) is 3.97. The van der Waals surface area contributed by atoms with Gasteiger partial charge in [-0.05, 0) is 35.4 Å². The number of fused-ring (bicyclic) bond motifs is 3. The molecular weight excluding hydrogens is 300 g/mol. The number of phenolic OH excluding ortho intramolecular Hbond substituents is 2. The molecule has 1 heterocycles. The van der Waals surface area contributed by atoms with E-state index in [9.17, 15) is 20.4 Å². The predicted octanol–water partition coefficient (Wildman–Crippen LogP) is 1.43. The minimum atomic E-state index is -1.47. The Kier molecular flexibility index (Phi) is 3.79. The van der Waals surface area contributed by atoms with E-state index in [1.54, 1.807) is 12.1 Å². The highest BCUT2D eigenvalue weighted by atomic mass is 16.5. The number of ether oxygens (including phenoxy) is 2. The fraction of sp³-hybridized carbons (Fsp3) is 0.294. The molecule has 0 saturated heterocycles. The van der Waals surface area contributed by atoms with Gasteiger partial charge < -0.3 is 29.9 Å². The van der Waals surface area contributed by atoms with Crippen molar-refractivity contribution in [2.45, 2.75) is 12.0 Å². The summed E-state index contributed by atoms with van der Waals surface area (Å²) in [7, 11) is 1.44. The van der Waals surface area contributed by atoms with Gasteiger partial charge in [-0.15, -0.1) is 0 Å². The number of rotatable bonds is 2. The van der Waals surface area contributed by atoms with Crippen LogP contribution in [0.25, 0.3) is 11.1 Å². The van der Waals surface area contributed by atoms with Crippen LogP contribution in [0.1, 0.15) is 5.56 Å². The molecule has 4 N–H and O–H groups in total. The van der Waals surface area contributed by atoms with Gasteiger partial charge in [0, 0.05) is 18.1 Å². The van der Waals surface area contributed by atoms with E-state index in [0.29, 0.717) is 22.4 Å². The molecular formula is C17H18O6. The Balaban J connectivity index is 2.24. The molecule has 0 bridgehead atoms. The topological polar surface area (TPSA) is 99.4 Å². The largest absolute Gasteiger partial charge is 0.508 e. The minimum absolute atomic E-state index is 0.0242. The Morgan fingerprint density at radius 2 is 1.96 bits per heavy atom. The highest BCUT2D eigenvalue weighted by Crippen LogP contribution is 2.42. The Hall–Kier alpha value is -2.44. The van der Waals surface area contributed by atoms with Gasteiger partial charge in [0.2, 0.25) is 0 Å². The number of aromatic hydroxyl groups is 2. The standard InChI is InChI=1S/C17H18O6/c1-22-16-4-10-7-17(21,8-18)9-23-15-5-11(19)2-3-12(15)13(10)6-14(16)20/h2-6,18-21H,7-9H2,1H3. The first kappa shape index (κ1) is 15.5. The molecule has 122 valence electrons. The monoisotopic (exact) mass is 318 g/mol. The first-order chi connectivity index (χ1) is 11.0. The molecule has 6 nitrogen and oxygen atoms in total. The molecule has 0 aromatic heterocycles. The van der Waals surface area contributed by atoms with Gasteiger partial charge in [0.05, 0.1) is 13.7 Å². The normalized spacial score (nSPS) is 19.8. The van der Waals surface area contributed by atoms with Gasteiger partial charge in [-0.2, -0.15) is 0 Å². The summed E-state index contributed by atoms with van der Waals surface area (Å²) in [6.45, 7) is -0.605. The maximum atomic E-state index is 10.5. The van der Waals surface area contributed by atoms with Crippen molar-refractivity contribution < 1.29 is 29.9 Å². The van der Waals surface area contributed by atoms with Gasteiger partial charge in [0.15, 0.2) is 11.5 Å². The molecule has 1 unspecified atom stereocenters. The van der Waals surface area contributed by atoms with Gasteiger partial charge in [-0.25, -0.2) is 0 Å². The third kappa shape index (κ3) is 2.78. The highest BCUT2D eigenvalue weighted by molar-refractivity contribution is 5.77. The van der Waals surface area contributed by atoms with Crippen molar-refractivity contribution in [1.29, 1.82) is 0 Å². The zero-order valence-electron chi connectivity index (χ0n) is 12.6. The van der Waals surface area contributed by atoms with E-state index < -0.39 is 12.2 Å². The van der Waals surface area contributed by atoms with E-state index in [2.05, 4.69) is 0 Å². The smallest absolute Gasteiger partial charge is 0.160 e.